The van der Waals surface area contributed by atoms with Gasteiger partial charge in [-0.15, -0.1) is 0 Å². The SMILES string of the molecule is CCN(C(=O)CNCCCN1CCCC1)C1CC1. The molecule has 4 nitrogen and oxygen atoms in total. The number of carbonyl (C=O) groups excluding carboxylic acids is 1. The van der Waals surface area contributed by atoms with Gasteiger partial charge in [-0.2, -0.15) is 0 Å². The first kappa shape index (κ1) is 13.8. The lowest BCUT2D eigenvalue weighted by Crippen LogP contribution is -2.40. The van der Waals surface area contributed by atoms with Crippen molar-refractivity contribution in [3.63, 3.8) is 0 Å². The van der Waals surface area contributed by atoms with Crippen LogP contribution in [0.25, 0.3) is 0 Å². The normalized spacial score (nSPS) is 20.3. The van der Waals surface area contributed by atoms with Crippen molar-refractivity contribution in [1.82, 2.24) is 15.1 Å². The maximum Gasteiger partial charge on any atom is 0.236 e. The maximum atomic E-state index is 11.9. The van der Waals surface area contributed by atoms with E-state index >= 15 is 0 Å². The van der Waals surface area contributed by atoms with E-state index < -0.39 is 0 Å². The number of nitrogens with zero attached hydrogens (tertiary/aromatic N) is 2. The minimum atomic E-state index is 0.279. The first-order valence-corrected chi connectivity index (χ1v) is 7.54. The van der Waals surface area contributed by atoms with Gasteiger partial charge in [0.25, 0.3) is 0 Å². The van der Waals surface area contributed by atoms with Crippen molar-refractivity contribution in [2.45, 2.75) is 45.1 Å². The molecule has 0 aromatic carbocycles. The monoisotopic (exact) mass is 253 g/mol. The van der Waals surface area contributed by atoms with Gasteiger partial charge in [-0.25, -0.2) is 0 Å². The molecule has 0 bridgehead atoms. The number of likely N-dealkylation sites (tertiary alicyclic amines) is 1. The average molecular weight is 253 g/mol. The van der Waals surface area contributed by atoms with Crippen LogP contribution in [0.4, 0.5) is 0 Å². The summed E-state index contributed by atoms with van der Waals surface area (Å²) in [5, 5.41) is 3.29. The molecule has 18 heavy (non-hydrogen) atoms. The molecule has 2 rings (SSSR count). The number of hydrogen-bond acceptors (Lipinski definition) is 3. The lowest BCUT2D eigenvalue weighted by molar-refractivity contribution is -0.130. The average Bonchev–Trinajstić information content (AvgIpc) is 3.06. The van der Waals surface area contributed by atoms with E-state index in [-0.39, 0.29) is 5.91 Å². The van der Waals surface area contributed by atoms with E-state index in [2.05, 4.69) is 17.1 Å². The summed E-state index contributed by atoms with van der Waals surface area (Å²) in [6.45, 7) is 8.13. The van der Waals surface area contributed by atoms with Crippen molar-refractivity contribution in [3.8, 4) is 0 Å². The van der Waals surface area contributed by atoms with Crippen molar-refractivity contribution in [2.75, 3.05) is 39.3 Å². The number of rotatable bonds is 8. The van der Waals surface area contributed by atoms with Gasteiger partial charge in [0.1, 0.15) is 0 Å². The van der Waals surface area contributed by atoms with Crippen LogP contribution in [0.1, 0.15) is 39.0 Å². The van der Waals surface area contributed by atoms with Gasteiger partial charge in [0, 0.05) is 12.6 Å². The third-order valence-electron chi connectivity index (χ3n) is 3.95. The molecule has 2 aliphatic rings. The summed E-state index contributed by atoms with van der Waals surface area (Å²) in [4.78, 5) is 16.5. The van der Waals surface area contributed by atoms with Crippen LogP contribution in [0.5, 0.6) is 0 Å². The van der Waals surface area contributed by atoms with Crippen molar-refractivity contribution in [3.05, 3.63) is 0 Å². The maximum absolute atomic E-state index is 11.9. The number of carbonyl (C=O) groups is 1. The molecule has 0 spiro atoms. The Kier molecular flexibility index (Phi) is 5.45. The lowest BCUT2D eigenvalue weighted by atomic mass is 10.3. The summed E-state index contributed by atoms with van der Waals surface area (Å²) >= 11 is 0. The molecule has 0 aromatic rings. The smallest absolute Gasteiger partial charge is 0.236 e. The molecule has 1 amide bonds. The number of amides is 1. The zero-order chi connectivity index (χ0) is 12.8. The molecule has 1 saturated carbocycles. The Morgan fingerprint density at radius 3 is 2.67 bits per heavy atom. The van der Waals surface area contributed by atoms with E-state index in [1.54, 1.807) is 0 Å². The molecule has 0 aromatic heterocycles. The lowest BCUT2D eigenvalue weighted by Gasteiger charge is -2.20. The van der Waals surface area contributed by atoms with Crippen LogP contribution in [0.3, 0.4) is 0 Å². The second kappa shape index (κ2) is 7.10. The van der Waals surface area contributed by atoms with Gasteiger partial charge < -0.3 is 15.1 Å². The minimum Gasteiger partial charge on any atom is -0.339 e. The summed E-state index contributed by atoms with van der Waals surface area (Å²) in [5.74, 6) is 0.279. The topological polar surface area (TPSA) is 35.6 Å². The first-order valence-electron chi connectivity index (χ1n) is 7.54. The van der Waals surface area contributed by atoms with Crippen LogP contribution in [-0.4, -0.2) is 61.0 Å². The Balaban J connectivity index is 1.50. The van der Waals surface area contributed by atoms with E-state index in [0.29, 0.717) is 12.6 Å². The molecule has 1 aliphatic carbocycles. The molecule has 1 saturated heterocycles. The van der Waals surface area contributed by atoms with Crippen molar-refractivity contribution < 1.29 is 4.79 Å². The standard InChI is InChI=1S/C14H27N3O/c1-2-17(13-6-7-13)14(18)12-15-8-5-11-16-9-3-4-10-16/h13,15H,2-12H2,1H3. The van der Waals surface area contributed by atoms with Gasteiger partial charge in [0.2, 0.25) is 5.91 Å². The van der Waals surface area contributed by atoms with Gasteiger partial charge >= 0.3 is 0 Å². The Hall–Kier alpha value is -0.610. The van der Waals surface area contributed by atoms with E-state index in [4.69, 9.17) is 0 Å². The van der Waals surface area contributed by atoms with Crippen LogP contribution in [0.2, 0.25) is 0 Å². The highest BCUT2D eigenvalue weighted by atomic mass is 16.2. The number of nitrogens with one attached hydrogen (secondary N) is 1. The van der Waals surface area contributed by atoms with Gasteiger partial charge in [-0.3, -0.25) is 4.79 Å². The van der Waals surface area contributed by atoms with Gasteiger partial charge in [-0.05, 0) is 65.2 Å². The fraction of sp³-hybridized carbons (Fsp3) is 0.929. The molecular weight excluding hydrogens is 226 g/mol. The molecular formula is C14H27N3O. The second-order valence-corrected chi connectivity index (χ2v) is 5.49. The van der Waals surface area contributed by atoms with Crippen molar-refractivity contribution in [1.29, 1.82) is 0 Å². The van der Waals surface area contributed by atoms with Crippen LogP contribution in [0, 0.1) is 0 Å². The quantitative estimate of drug-likeness (QED) is 0.657. The predicted molar refractivity (Wildman–Crippen MR) is 73.6 cm³/mol. The van der Waals surface area contributed by atoms with Gasteiger partial charge in [-0.1, -0.05) is 0 Å². The zero-order valence-electron chi connectivity index (χ0n) is 11.7. The van der Waals surface area contributed by atoms with E-state index in [0.717, 1.165) is 19.5 Å². The Bertz CT molecular complexity index is 260. The highest BCUT2D eigenvalue weighted by Gasteiger charge is 2.30. The summed E-state index contributed by atoms with van der Waals surface area (Å²) in [6, 6.07) is 0.550. The summed E-state index contributed by atoms with van der Waals surface area (Å²) in [7, 11) is 0. The van der Waals surface area contributed by atoms with Crippen LogP contribution >= 0.6 is 0 Å². The Labute approximate surface area is 111 Å². The molecule has 104 valence electrons. The largest absolute Gasteiger partial charge is 0.339 e. The van der Waals surface area contributed by atoms with Gasteiger partial charge in [0.15, 0.2) is 0 Å². The Morgan fingerprint density at radius 1 is 1.33 bits per heavy atom. The van der Waals surface area contributed by atoms with Crippen LogP contribution in [-0.2, 0) is 4.79 Å². The van der Waals surface area contributed by atoms with Crippen LogP contribution in [0.15, 0.2) is 0 Å². The third kappa shape index (κ3) is 4.25. The van der Waals surface area contributed by atoms with Crippen molar-refractivity contribution in [2.24, 2.45) is 0 Å². The van der Waals surface area contributed by atoms with Crippen LogP contribution < -0.4 is 5.32 Å². The highest BCUT2D eigenvalue weighted by Crippen LogP contribution is 2.26. The Morgan fingerprint density at radius 2 is 2.06 bits per heavy atom. The first-order chi connectivity index (χ1) is 8.81. The second-order valence-electron chi connectivity index (χ2n) is 5.49. The molecule has 0 radical (unpaired) electrons. The summed E-state index contributed by atoms with van der Waals surface area (Å²) < 4.78 is 0. The zero-order valence-corrected chi connectivity index (χ0v) is 11.7. The third-order valence-corrected chi connectivity index (χ3v) is 3.95. The van der Waals surface area contributed by atoms with E-state index in [1.165, 1.54) is 45.3 Å². The fourth-order valence-corrected chi connectivity index (χ4v) is 2.76. The van der Waals surface area contributed by atoms with Crippen molar-refractivity contribution >= 4 is 5.91 Å². The van der Waals surface area contributed by atoms with E-state index in [1.807, 2.05) is 4.90 Å². The molecule has 2 fully saturated rings. The van der Waals surface area contributed by atoms with Gasteiger partial charge in [0.05, 0.1) is 6.54 Å². The molecule has 0 atom stereocenters. The molecule has 1 N–H and O–H groups in total. The predicted octanol–water partition coefficient (Wildman–Crippen LogP) is 1.07. The van der Waals surface area contributed by atoms with E-state index in [9.17, 15) is 4.79 Å². The summed E-state index contributed by atoms with van der Waals surface area (Å²) in [6.07, 6.45) is 6.28. The minimum absolute atomic E-state index is 0.279. The molecule has 1 aliphatic heterocycles. The molecule has 4 heteroatoms. The fourth-order valence-electron chi connectivity index (χ4n) is 2.76. The summed E-state index contributed by atoms with van der Waals surface area (Å²) in [5.41, 5.74) is 0. The highest BCUT2D eigenvalue weighted by molar-refractivity contribution is 5.78. The number of likely N-dealkylation sites (N-methyl/N-ethyl adjacent to an activating group) is 1. The number of hydrogen-bond donors (Lipinski definition) is 1. The molecule has 1 heterocycles. The molecule has 0 unspecified atom stereocenters.